The number of hydrogen-bond acceptors (Lipinski definition) is 4. The van der Waals surface area contributed by atoms with E-state index in [4.69, 9.17) is 10.2 Å². The summed E-state index contributed by atoms with van der Waals surface area (Å²) < 4.78 is 7.36. The van der Waals surface area contributed by atoms with Gasteiger partial charge in [0.15, 0.2) is 0 Å². The lowest BCUT2D eigenvalue weighted by Crippen LogP contribution is -1.87. The van der Waals surface area contributed by atoms with Crippen LogP contribution in [-0.4, -0.2) is 14.5 Å². The van der Waals surface area contributed by atoms with E-state index in [0.29, 0.717) is 0 Å². The van der Waals surface area contributed by atoms with Crippen LogP contribution in [0.5, 0.6) is 0 Å². The van der Waals surface area contributed by atoms with Crippen LogP contribution in [0.1, 0.15) is 12.7 Å². The fourth-order valence-corrected chi connectivity index (χ4v) is 2.12. The fraction of sp³-hybridized carbons (Fsp3) is 0.231. The third kappa shape index (κ3) is 1.55. The maximum absolute atomic E-state index is 5.61. The smallest absolute Gasteiger partial charge is 0.292 e. The number of hydrogen-bond donors (Lipinski definition) is 1. The number of aryl methyl sites for hydroxylation is 2. The molecule has 0 aliphatic carbocycles. The average molecular weight is 242 g/mol. The average Bonchev–Trinajstić information content (AvgIpc) is 2.93. The molecule has 0 spiro atoms. The highest BCUT2D eigenvalue weighted by molar-refractivity contribution is 5.81. The molecule has 0 fully saturated rings. The van der Waals surface area contributed by atoms with Gasteiger partial charge in [-0.1, -0.05) is 13.0 Å². The van der Waals surface area contributed by atoms with Crippen LogP contribution in [0.3, 0.4) is 0 Å². The van der Waals surface area contributed by atoms with Crippen molar-refractivity contribution in [3.63, 3.8) is 0 Å². The third-order valence-electron chi connectivity index (χ3n) is 3.03. The first kappa shape index (κ1) is 10.8. The molecule has 2 aromatic heterocycles. The van der Waals surface area contributed by atoms with E-state index in [2.05, 4.69) is 9.97 Å². The molecule has 0 amide bonds. The highest BCUT2D eigenvalue weighted by Crippen LogP contribution is 2.27. The van der Waals surface area contributed by atoms with Crippen LogP contribution in [0, 0.1) is 0 Å². The monoisotopic (exact) mass is 242 g/mol. The second-order valence-corrected chi connectivity index (χ2v) is 4.24. The van der Waals surface area contributed by atoms with Gasteiger partial charge < -0.3 is 14.7 Å². The van der Waals surface area contributed by atoms with Gasteiger partial charge in [0.1, 0.15) is 11.5 Å². The summed E-state index contributed by atoms with van der Waals surface area (Å²) in [5, 5.41) is 0. The Bertz CT molecular complexity index is 711. The van der Waals surface area contributed by atoms with Gasteiger partial charge in [0.05, 0.1) is 17.4 Å². The number of nitrogens with two attached hydrogens (primary N) is 1. The van der Waals surface area contributed by atoms with Crippen molar-refractivity contribution in [1.29, 1.82) is 0 Å². The van der Waals surface area contributed by atoms with E-state index in [1.165, 1.54) is 0 Å². The number of fused-ring (bicyclic) bond motifs is 1. The van der Waals surface area contributed by atoms with Crippen LogP contribution in [0.25, 0.3) is 22.3 Å². The molecule has 0 unspecified atom stereocenters. The van der Waals surface area contributed by atoms with Gasteiger partial charge in [-0.15, -0.1) is 0 Å². The second-order valence-electron chi connectivity index (χ2n) is 4.24. The van der Waals surface area contributed by atoms with E-state index in [-0.39, 0.29) is 6.01 Å². The van der Waals surface area contributed by atoms with Gasteiger partial charge in [0, 0.05) is 19.0 Å². The zero-order valence-corrected chi connectivity index (χ0v) is 10.3. The summed E-state index contributed by atoms with van der Waals surface area (Å²) in [6, 6.07) is 6.26. The number of anilines is 1. The van der Waals surface area contributed by atoms with Crippen LogP contribution in [0.15, 0.2) is 28.9 Å². The summed E-state index contributed by atoms with van der Waals surface area (Å²) in [7, 11) is 1.97. The Balaban J connectivity index is 2.18. The second kappa shape index (κ2) is 3.87. The quantitative estimate of drug-likeness (QED) is 0.749. The Morgan fingerprint density at radius 1 is 1.39 bits per heavy atom. The summed E-state index contributed by atoms with van der Waals surface area (Å²) in [6.07, 6.45) is 2.56. The highest BCUT2D eigenvalue weighted by atomic mass is 16.4. The van der Waals surface area contributed by atoms with Gasteiger partial charge in [0.2, 0.25) is 0 Å². The Labute approximate surface area is 104 Å². The maximum atomic E-state index is 5.61. The first-order valence-electron chi connectivity index (χ1n) is 5.85. The lowest BCUT2D eigenvalue weighted by Gasteiger charge is -2.00. The number of benzene rings is 1. The molecular weight excluding hydrogens is 228 g/mol. The largest absolute Gasteiger partial charge is 0.428 e. The summed E-state index contributed by atoms with van der Waals surface area (Å²) in [6.45, 7) is 2.02. The van der Waals surface area contributed by atoms with Gasteiger partial charge in [-0.25, -0.2) is 4.98 Å². The summed E-state index contributed by atoms with van der Waals surface area (Å²) in [5.41, 5.74) is 9.44. The van der Waals surface area contributed by atoms with Crippen molar-refractivity contribution in [2.75, 3.05) is 5.73 Å². The van der Waals surface area contributed by atoms with Gasteiger partial charge in [-0.2, -0.15) is 4.98 Å². The molecule has 0 saturated carbocycles. The van der Waals surface area contributed by atoms with Gasteiger partial charge >= 0.3 is 0 Å². The van der Waals surface area contributed by atoms with Crippen molar-refractivity contribution >= 4 is 17.0 Å². The zero-order valence-electron chi connectivity index (χ0n) is 10.3. The molecule has 5 nitrogen and oxygen atoms in total. The first-order valence-corrected chi connectivity index (χ1v) is 5.85. The fourth-order valence-electron chi connectivity index (χ4n) is 2.12. The molecule has 0 saturated heterocycles. The highest BCUT2D eigenvalue weighted by Gasteiger charge is 2.13. The molecule has 2 heterocycles. The standard InChI is InChI=1S/C13H14N4O/c1-3-11-12(16-13(14)18-11)8-4-5-10-9(6-8)15-7-17(10)2/h4-7H,3H2,1-2H3,(H2,14,16). The molecule has 2 N–H and O–H groups in total. The minimum Gasteiger partial charge on any atom is -0.428 e. The van der Waals surface area contributed by atoms with E-state index < -0.39 is 0 Å². The molecule has 3 aromatic rings. The molecule has 18 heavy (non-hydrogen) atoms. The van der Waals surface area contributed by atoms with Crippen molar-refractivity contribution in [2.24, 2.45) is 7.05 Å². The molecule has 3 rings (SSSR count). The number of imidazole rings is 1. The number of nitrogens with zero attached hydrogens (tertiary/aromatic N) is 3. The van der Waals surface area contributed by atoms with Crippen molar-refractivity contribution in [2.45, 2.75) is 13.3 Å². The van der Waals surface area contributed by atoms with Crippen molar-refractivity contribution in [3.8, 4) is 11.3 Å². The Morgan fingerprint density at radius 3 is 3.00 bits per heavy atom. The third-order valence-corrected chi connectivity index (χ3v) is 3.03. The Hall–Kier alpha value is -2.30. The minimum absolute atomic E-state index is 0.211. The topological polar surface area (TPSA) is 69.9 Å². The van der Waals surface area contributed by atoms with E-state index in [9.17, 15) is 0 Å². The predicted molar refractivity (Wildman–Crippen MR) is 70.0 cm³/mol. The molecule has 0 aliphatic heterocycles. The molecule has 92 valence electrons. The molecule has 0 aliphatic rings. The van der Waals surface area contributed by atoms with Crippen LogP contribution in [-0.2, 0) is 13.5 Å². The molecule has 1 aromatic carbocycles. The van der Waals surface area contributed by atoms with Gasteiger partial charge in [-0.05, 0) is 12.1 Å². The summed E-state index contributed by atoms with van der Waals surface area (Å²) >= 11 is 0. The first-order chi connectivity index (χ1) is 8.69. The van der Waals surface area contributed by atoms with E-state index in [0.717, 1.165) is 34.5 Å². The van der Waals surface area contributed by atoms with E-state index in [1.54, 1.807) is 6.33 Å². The van der Waals surface area contributed by atoms with Crippen molar-refractivity contribution < 1.29 is 4.42 Å². The van der Waals surface area contributed by atoms with Crippen molar-refractivity contribution in [3.05, 3.63) is 30.3 Å². The summed E-state index contributed by atoms with van der Waals surface area (Å²) in [4.78, 5) is 8.58. The number of rotatable bonds is 2. The Morgan fingerprint density at radius 2 is 2.22 bits per heavy atom. The number of oxazole rings is 1. The van der Waals surface area contributed by atoms with Crippen LogP contribution in [0.2, 0.25) is 0 Å². The molecule has 0 radical (unpaired) electrons. The Kier molecular flexibility index (Phi) is 2.33. The van der Waals surface area contributed by atoms with Crippen LogP contribution >= 0.6 is 0 Å². The summed E-state index contributed by atoms with van der Waals surface area (Å²) in [5.74, 6) is 0.808. The lowest BCUT2D eigenvalue weighted by atomic mass is 10.1. The minimum atomic E-state index is 0.211. The molecule has 5 heteroatoms. The van der Waals surface area contributed by atoms with E-state index in [1.807, 2.05) is 36.7 Å². The number of aromatic nitrogens is 3. The van der Waals surface area contributed by atoms with E-state index >= 15 is 0 Å². The van der Waals surface area contributed by atoms with Gasteiger partial charge in [0.25, 0.3) is 6.01 Å². The molecule has 0 atom stereocenters. The van der Waals surface area contributed by atoms with Crippen LogP contribution in [0.4, 0.5) is 6.01 Å². The normalized spacial score (nSPS) is 11.2. The zero-order chi connectivity index (χ0) is 12.7. The van der Waals surface area contributed by atoms with Gasteiger partial charge in [-0.3, -0.25) is 0 Å². The molecular formula is C13H14N4O. The maximum Gasteiger partial charge on any atom is 0.292 e. The SMILES string of the molecule is CCc1oc(N)nc1-c1ccc2c(c1)ncn2C. The van der Waals surface area contributed by atoms with Crippen molar-refractivity contribution in [1.82, 2.24) is 14.5 Å². The molecule has 0 bridgehead atoms. The predicted octanol–water partition coefficient (Wildman–Crippen LogP) is 2.37. The van der Waals surface area contributed by atoms with Crippen LogP contribution < -0.4 is 5.73 Å². The number of nitrogen functional groups attached to an aromatic ring is 1. The lowest BCUT2D eigenvalue weighted by molar-refractivity contribution is 0.530.